The summed E-state index contributed by atoms with van der Waals surface area (Å²) >= 11 is 0. The topological polar surface area (TPSA) is 59.0 Å². The number of hydrogen-bond donors (Lipinski definition) is 1. The molecule has 1 heterocycles. The summed E-state index contributed by atoms with van der Waals surface area (Å²) in [6.07, 6.45) is 2.29. The number of carbonyl (C=O) groups is 1. The van der Waals surface area contributed by atoms with Crippen LogP contribution in [-0.2, 0) is 16.0 Å². The first kappa shape index (κ1) is 27.4. The Morgan fingerprint density at radius 1 is 0.810 bits per heavy atom. The zero-order valence-corrected chi connectivity index (χ0v) is 22.9. The van der Waals surface area contributed by atoms with Crippen LogP contribution in [0.3, 0.4) is 0 Å². The van der Waals surface area contributed by atoms with Gasteiger partial charge in [0.25, 0.3) is 0 Å². The maximum Gasteiger partial charge on any atom is 0.307 e. The van der Waals surface area contributed by atoms with Gasteiger partial charge in [-0.25, -0.2) is 8.78 Å². The molecule has 6 rings (SSSR count). The number of carboxylic acids is 1. The van der Waals surface area contributed by atoms with Crippen LogP contribution in [0.5, 0.6) is 11.5 Å². The first-order chi connectivity index (χ1) is 20.4. The molecule has 0 atom stereocenters. The molecule has 0 amide bonds. The minimum absolute atomic E-state index is 0.217. The van der Waals surface area contributed by atoms with Gasteiger partial charge in [0.15, 0.2) is 0 Å². The van der Waals surface area contributed by atoms with E-state index in [-0.39, 0.29) is 12.2 Å². The lowest BCUT2D eigenvalue weighted by atomic mass is 9.94. The van der Waals surface area contributed by atoms with Gasteiger partial charge >= 0.3 is 5.97 Å². The average molecular weight is 566 g/mol. The number of allylic oxidation sites excluding steroid dienone is 2. The molecule has 0 radical (unpaired) electrons. The number of ether oxygens (including phenoxy) is 2. The molecule has 42 heavy (non-hydrogen) atoms. The van der Waals surface area contributed by atoms with Crippen LogP contribution in [0.15, 0.2) is 96.6 Å². The van der Waals surface area contributed by atoms with Gasteiger partial charge in [0.05, 0.1) is 19.6 Å². The average Bonchev–Trinajstić information content (AvgIpc) is 3.26. The molecule has 0 aromatic heterocycles. The SMILES string of the molecule is O=C(O)CC1=C(Cc2ccc(Oc3ccc(F)cc3)cc2)/C(=C/c2ccc(N3CCOCC3)cc2)c2ccc(F)cc21. The maximum absolute atomic E-state index is 14.4. The third-order valence-electron chi connectivity index (χ3n) is 7.55. The minimum Gasteiger partial charge on any atom is -0.481 e. The fraction of sp³-hybridized carbons (Fsp3) is 0.171. The fourth-order valence-corrected chi connectivity index (χ4v) is 5.50. The van der Waals surface area contributed by atoms with E-state index in [9.17, 15) is 18.7 Å². The van der Waals surface area contributed by atoms with Crippen molar-refractivity contribution in [2.45, 2.75) is 12.8 Å². The first-order valence-corrected chi connectivity index (χ1v) is 13.8. The molecule has 1 fully saturated rings. The van der Waals surface area contributed by atoms with Crippen LogP contribution < -0.4 is 9.64 Å². The Hall–Kier alpha value is -4.75. The molecule has 2 aliphatic rings. The second-order valence-electron chi connectivity index (χ2n) is 10.3. The second-order valence-corrected chi connectivity index (χ2v) is 10.3. The zero-order chi connectivity index (χ0) is 29.1. The molecule has 0 bridgehead atoms. The summed E-state index contributed by atoms with van der Waals surface area (Å²) < 4.78 is 38.9. The Bertz CT molecular complexity index is 1650. The van der Waals surface area contributed by atoms with Crippen molar-refractivity contribution in [1.29, 1.82) is 0 Å². The Morgan fingerprint density at radius 3 is 2.12 bits per heavy atom. The van der Waals surface area contributed by atoms with E-state index in [1.165, 1.54) is 24.3 Å². The largest absolute Gasteiger partial charge is 0.481 e. The molecule has 1 aliphatic heterocycles. The molecule has 5 nitrogen and oxygen atoms in total. The van der Waals surface area contributed by atoms with Gasteiger partial charge in [0.1, 0.15) is 23.1 Å². The Kier molecular flexibility index (Phi) is 7.84. The summed E-state index contributed by atoms with van der Waals surface area (Å²) in [5.41, 5.74) is 6.81. The summed E-state index contributed by atoms with van der Waals surface area (Å²) in [4.78, 5) is 14.2. The highest BCUT2D eigenvalue weighted by Crippen LogP contribution is 2.45. The van der Waals surface area contributed by atoms with Gasteiger partial charge in [-0.15, -0.1) is 0 Å². The standard InChI is InChI=1S/C35H29F2NO4/c36-25-5-12-29(13-6-25)42-28-10-3-24(4-11-28)20-32-31(30-14-7-26(37)21-33(30)34(32)22-35(39)40)19-23-1-8-27(9-2-23)38-15-17-41-18-16-38/h1-14,19,21H,15-18,20,22H2,(H,39,40)/b31-19+. The van der Waals surface area contributed by atoms with Crippen LogP contribution in [0.1, 0.15) is 28.7 Å². The lowest BCUT2D eigenvalue weighted by Crippen LogP contribution is -2.36. The fourth-order valence-electron chi connectivity index (χ4n) is 5.50. The van der Waals surface area contributed by atoms with Crippen LogP contribution in [0, 0.1) is 11.6 Å². The molecule has 1 aliphatic carbocycles. The number of anilines is 1. The van der Waals surface area contributed by atoms with E-state index in [0.29, 0.717) is 42.3 Å². The molecule has 4 aromatic rings. The predicted octanol–water partition coefficient (Wildman–Crippen LogP) is 7.62. The van der Waals surface area contributed by atoms with E-state index in [1.54, 1.807) is 18.2 Å². The zero-order valence-electron chi connectivity index (χ0n) is 22.9. The molecule has 0 saturated carbocycles. The van der Waals surface area contributed by atoms with Crippen LogP contribution in [0.2, 0.25) is 0 Å². The van der Waals surface area contributed by atoms with Crippen molar-refractivity contribution in [1.82, 2.24) is 0 Å². The van der Waals surface area contributed by atoms with Crippen molar-refractivity contribution in [3.8, 4) is 11.5 Å². The van der Waals surface area contributed by atoms with E-state index in [0.717, 1.165) is 46.6 Å². The second kappa shape index (κ2) is 12.0. The van der Waals surface area contributed by atoms with Gasteiger partial charge in [0.2, 0.25) is 0 Å². The molecule has 0 unspecified atom stereocenters. The molecule has 0 spiro atoms. The van der Waals surface area contributed by atoms with Crippen molar-refractivity contribution in [2.75, 3.05) is 31.2 Å². The maximum atomic E-state index is 14.4. The van der Waals surface area contributed by atoms with Crippen molar-refractivity contribution >= 4 is 28.9 Å². The smallest absolute Gasteiger partial charge is 0.307 e. The molecule has 1 saturated heterocycles. The van der Waals surface area contributed by atoms with Crippen molar-refractivity contribution in [2.24, 2.45) is 0 Å². The van der Waals surface area contributed by atoms with E-state index >= 15 is 0 Å². The number of morpholine rings is 1. The quantitative estimate of drug-likeness (QED) is 0.238. The summed E-state index contributed by atoms with van der Waals surface area (Å²) in [7, 11) is 0. The van der Waals surface area contributed by atoms with Crippen molar-refractivity contribution < 1.29 is 28.2 Å². The number of nitrogens with zero attached hydrogens (tertiary/aromatic N) is 1. The third kappa shape index (κ3) is 6.11. The summed E-state index contributed by atoms with van der Waals surface area (Å²) in [5.74, 6) is -0.601. The number of fused-ring (bicyclic) bond motifs is 1. The van der Waals surface area contributed by atoms with E-state index in [4.69, 9.17) is 9.47 Å². The van der Waals surface area contributed by atoms with Crippen molar-refractivity contribution in [3.05, 3.63) is 130 Å². The number of rotatable bonds is 8. The Labute approximate surface area is 242 Å². The first-order valence-electron chi connectivity index (χ1n) is 13.8. The molecule has 1 N–H and O–H groups in total. The number of halogens is 2. The van der Waals surface area contributed by atoms with Gasteiger partial charge in [-0.3, -0.25) is 4.79 Å². The molecular weight excluding hydrogens is 536 g/mol. The summed E-state index contributed by atoms with van der Waals surface area (Å²) in [6.45, 7) is 3.11. The summed E-state index contributed by atoms with van der Waals surface area (Å²) in [6, 6.07) is 26.1. The highest BCUT2D eigenvalue weighted by Gasteiger charge is 2.28. The number of hydrogen-bond acceptors (Lipinski definition) is 4. The lowest BCUT2D eigenvalue weighted by Gasteiger charge is -2.28. The van der Waals surface area contributed by atoms with Gasteiger partial charge in [-0.1, -0.05) is 30.3 Å². The molecule has 212 valence electrons. The molecule has 7 heteroatoms. The van der Waals surface area contributed by atoms with Gasteiger partial charge in [-0.05, 0) is 112 Å². The third-order valence-corrected chi connectivity index (χ3v) is 7.55. The lowest BCUT2D eigenvalue weighted by molar-refractivity contribution is -0.135. The Balaban J connectivity index is 1.33. The van der Waals surface area contributed by atoms with Crippen LogP contribution in [-0.4, -0.2) is 37.4 Å². The van der Waals surface area contributed by atoms with Gasteiger partial charge < -0.3 is 19.5 Å². The highest BCUT2D eigenvalue weighted by atomic mass is 19.1. The van der Waals surface area contributed by atoms with E-state index in [2.05, 4.69) is 35.2 Å². The van der Waals surface area contributed by atoms with Crippen LogP contribution in [0.4, 0.5) is 14.5 Å². The monoisotopic (exact) mass is 565 g/mol. The normalized spacial score (nSPS) is 15.7. The van der Waals surface area contributed by atoms with Gasteiger partial charge in [0, 0.05) is 18.8 Å². The van der Waals surface area contributed by atoms with E-state index < -0.39 is 11.8 Å². The number of benzene rings is 4. The van der Waals surface area contributed by atoms with E-state index in [1.807, 2.05) is 24.3 Å². The molecule has 4 aromatic carbocycles. The number of aliphatic carboxylic acids is 1. The Morgan fingerprint density at radius 2 is 1.45 bits per heavy atom. The van der Waals surface area contributed by atoms with Crippen molar-refractivity contribution in [3.63, 3.8) is 0 Å². The predicted molar refractivity (Wildman–Crippen MR) is 160 cm³/mol. The number of carboxylic acid groups (broad SMARTS) is 1. The molecular formula is C35H29F2NO4. The van der Waals surface area contributed by atoms with Crippen LogP contribution in [0.25, 0.3) is 17.2 Å². The summed E-state index contributed by atoms with van der Waals surface area (Å²) in [5, 5.41) is 9.78. The highest BCUT2D eigenvalue weighted by molar-refractivity contribution is 6.08. The van der Waals surface area contributed by atoms with Crippen LogP contribution >= 0.6 is 0 Å². The van der Waals surface area contributed by atoms with Gasteiger partial charge in [-0.2, -0.15) is 0 Å². The minimum atomic E-state index is -0.975.